The van der Waals surface area contributed by atoms with Crippen LogP contribution in [-0.4, -0.2) is 35.2 Å². The smallest absolute Gasteiger partial charge is 0.247 e. The molecule has 2 aromatic carbocycles. The van der Waals surface area contributed by atoms with Gasteiger partial charge in [-0.15, -0.1) is 11.6 Å². The van der Waals surface area contributed by atoms with Crippen LogP contribution >= 0.6 is 23.2 Å². The van der Waals surface area contributed by atoms with Gasteiger partial charge < -0.3 is 10.2 Å². The van der Waals surface area contributed by atoms with Gasteiger partial charge in [-0.05, 0) is 55.4 Å². The van der Waals surface area contributed by atoms with E-state index >= 15 is 0 Å². The van der Waals surface area contributed by atoms with E-state index in [9.17, 15) is 9.59 Å². The Morgan fingerprint density at radius 1 is 1.06 bits per heavy atom. The van der Waals surface area contributed by atoms with Gasteiger partial charge in [-0.1, -0.05) is 73.3 Å². The van der Waals surface area contributed by atoms with Crippen molar-refractivity contribution in [3.05, 3.63) is 70.2 Å². The van der Waals surface area contributed by atoms with Gasteiger partial charge in [0.15, 0.2) is 0 Å². The van der Waals surface area contributed by atoms with E-state index in [4.69, 9.17) is 23.2 Å². The molecule has 1 aliphatic carbocycles. The number of aryl methyl sites for hydroxylation is 1. The maximum absolute atomic E-state index is 13.6. The van der Waals surface area contributed by atoms with Gasteiger partial charge in [0, 0.05) is 17.6 Å². The summed E-state index contributed by atoms with van der Waals surface area (Å²) in [6.45, 7) is 4.62. The average Bonchev–Trinajstić information content (AvgIpc) is 2.79. The molecule has 172 valence electrons. The summed E-state index contributed by atoms with van der Waals surface area (Å²) in [4.78, 5) is 28.1. The van der Waals surface area contributed by atoms with E-state index in [-0.39, 0.29) is 23.7 Å². The number of nitrogens with one attached hydrogen (secondary N) is 1. The molecular formula is C26H32Cl2N2O2. The van der Waals surface area contributed by atoms with Gasteiger partial charge >= 0.3 is 0 Å². The molecular weight excluding hydrogens is 443 g/mol. The molecule has 0 unspecified atom stereocenters. The lowest BCUT2D eigenvalue weighted by atomic mass is 9.85. The third-order valence-electron chi connectivity index (χ3n) is 6.38. The molecule has 0 bridgehead atoms. The molecule has 3 atom stereocenters. The van der Waals surface area contributed by atoms with E-state index in [2.05, 4.69) is 36.5 Å². The number of amides is 2. The Hall–Kier alpha value is -2.04. The standard InChI is InChI=1S/C26H32Cl2N2O2/c1-18-7-9-20(10-8-18)15-16-30(24(31)17-27)25(21-11-13-22(28)14-12-21)26(32)29-23-6-4-3-5-19(23)2/h7-14,19,23,25H,3-6,15-17H2,1-2H3,(H,29,32)/t19-,23-,25+/m1/s1. The fourth-order valence-corrected chi connectivity index (χ4v) is 4.67. The van der Waals surface area contributed by atoms with Crippen LogP contribution in [0.25, 0.3) is 0 Å². The van der Waals surface area contributed by atoms with Gasteiger partial charge in [0.25, 0.3) is 0 Å². The SMILES string of the molecule is Cc1ccc(CCN(C(=O)CCl)[C@H](C(=O)N[C@@H]2CCCC[C@H]2C)c2ccc(Cl)cc2)cc1. The summed E-state index contributed by atoms with van der Waals surface area (Å²) in [6.07, 6.45) is 5.02. The molecule has 1 fully saturated rings. The van der Waals surface area contributed by atoms with Gasteiger partial charge in [-0.25, -0.2) is 0 Å². The summed E-state index contributed by atoms with van der Waals surface area (Å²) < 4.78 is 0. The highest BCUT2D eigenvalue weighted by molar-refractivity contribution is 6.30. The minimum Gasteiger partial charge on any atom is -0.351 e. The Kier molecular flexibility index (Phi) is 9.01. The first-order valence-corrected chi connectivity index (χ1v) is 12.3. The van der Waals surface area contributed by atoms with Crippen LogP contribution < -0.4 is 5.32 Å². The Labute approximate surface area is 201 Å². The third kappa shape index (κ3) is 6.49. The van der Waals surface area contributed by atoms with Crippen molar-refractivity contribution in [1.82, 2.24) is 10.2 Å². The highest BCUT2D eigenvalue weighted by atomic mass is 35.5. The zero-order valence-corrected chi connectivity index (χ0v) is 20.3. The Balaban J connectivity index is 1.87. The summed E-state index contributed by atoms with van der Waals surface area (Å²) in [6, 6.07) is 14.7. The minimum atomic E-state index is -0.752. The first kappa shape index (κ1) is 24.6. The van der Waals surface area contributed by atoms with Crippen molar-refractivity contribution in [1.29, 1.82) is 0 Å². The van der Waals surface area contributed by atoms with Crippen LogP contribution in [0.2, 0.25) is 5.02 Å². The van der Waals surface area contributed by atoms with E-state index in [1.165, 1.54) is 12.0 Å². The van der Waals surface area contributed by atoms with E-state index in [1.54, 1.807) is 17.0 Å². The van der Waals surface area contributed by atoms with Crippen molar-refractivity contribution < 1.29 is 9.59 Å². The van der Waals surface area contributed by atoms with Gasteiger partial charge in [0.1, 0.15) is 11.9 Å². The molecule has 1 saturated carbocycles. The average molecular weight is 475 g/mol. The molecule has 0 heterocycles. The first-order chi connectivity index (χ1) is 15.4. The monoisotopic (exact) mass is 474 g/mol. The fourth-order valence-electron chi connectivity index (χ4n) is 4.39. The predicted molar refractivity (Wildman–Crippen MR) is 131 cm³/mol. The molecule has 4 nitrogen and oxygen atoms in total. The van der Waals surface area contributed by atoms with Crippen LogP contribution in [0.1, 0.15) is 55.3 Å². The molecule has 0 aliphatic heterocycles. The fraction of sp³-hybridized carbons (Fsp3) is 0.462. The molecule has 3 rings (SSSR count). The molecule has 6 heteroatoms. The van der Waals surface area contributed by atoms with E-state index in [0.717, 1.165) is 30.4 Å². The number of alkyl halides is 1. The van der Waals surface area contributed by atoms with Gasteiger partial charge in [-0.2, -0.15) is 0 Å². The molecule has 0 radical (unpaired) electrons. The van der Waals surface area contributed by atoms with Crippen molar-refractivity contribution in [2.45, 2.75) is 58.0 Å². The second kappa shape index (κ2) is 11.7. The number of halogens is 2. The van der Waals surface area contributed by atoms with Crippen molar-refractivity contribution in [2.75, 3.05) is 12.4 Å². The van der Waals surface area contributed by atoms with Gasteiger partial charge in [-0.3, -0.25) is 9.59 Å². The second-order valence-corrected chi connectivity index (χ2v) is 9.49. The number of carbonyl (C=O) groups excluding carboxylic acids is 2. The number of nitrogens with zero attached hydrogens (tertiary/aromatic N) is 1. The van der Waals surface area contributed by atoms with Crippen LogP contribution in [0, 0.1) is 12.8 Å². The molecule has 0 aromatic heterocycles. The summed E-state index contributed by atoms with van der Waals surface area (Å²) in [5.74, 6) is -0.173. The maximum Gasteiger partial charge on any atom is 0.247 e. The number of benzene rings is 2. The van der Waals surface area contributed by atoms with Crippen molar-refractivity contribution in [2.24, 2.45) is 5.92 Å². The predicted octanol–water partition coefficient (Wildman–Crippen LogP) is 5.69. The lowest BCUT2D eigenvalue weighted by Gasteiger charge is -2.35. The zero-order valence-electron chi connectivity index (χ0n) is 18.8. The number of hydrogen-bond donors (Lipinski definition) is 1. The summed E-state index contributed by atoms with van der Waals surface area (Å²) in [7, 11) is 0. The molecule has 2 amide bonds. The molecule has 1 N–H and O–H groups in total. The number of hydrogen-bond acceptors (Lipinski definition) is 2. The Bertz CT molecular complexity index is 899. The minimum absolute atomic E-state index is 0.121. The summed E-state index contributed by atoms with van der Waals surface area (Å²) in [5, 5.41) is 3.82. The van der Waals surface area contributed by atoms with Gasteiger partial charge in [0.05, 0.1) is 0 Å². The zero-order chi connectivity index (χ0) is 23.1. The summed E-state index contributed by atoms with van der Waals surface area (Å²) in [5.41, 5.74) is 3.03. The van der Waals surface area contributed by atoms with E-state index in [0.29, 0.717) is 23.9 Å². The molecule has 0 spiro atoms. The summed E-state index contributed by atoms with van der Waals surface area (Å²) >= 11 is 12.1. The van der Waals surface area contributed by atoms with E-state index < -0.39 is 6.04 Å². The lowest BCUT2D eigenvalue weighted by Crippen LogP contribution is -2.49. The van der Waals surface area contributed by atoms with Crippen molar-refractivity contribution in [3.63, 3.8) is 0 Å². The highest BCUT2D eigenvalue weighted by Crippen LogP contribution is 2.28. The maximum atomic E-state index is 13.6. The van der Waals surface area contributed by atoms with E-state index in [1.807, 2.05) is 19.1 Å². The topological polar surface area (TPSA) is 49.4 Å². The highest BCUT2D eigenvalue weighted by Gasteiger charge is 2.33. The van der Waals surface area contributed by atoms with Crippen LogP contribution in [0.3, 0.4) is 0 Å². The second-order valence-electron chi connectivity index (χ2n) is 8.79. The quantitative estimate of drug-likeness (QED) is 0.499. The van der Waals surface area contributed by atoms with Crippen LogP contribution in [0.15, 0.2) is 48.5 Å². The van der Waals surface area contributed by atoms with Crippen LogP contribution in [0.5, 0.6) is 0 Å². The third-order valence-corrected chi connectivity index (χ3v) is 6.86. The number of carbonyl (C=O) groups is 2. The molecule has 0 saturated heterocycles. The van der Waals surface area contributed by atoms with Crippen LogP contribution in [-0.2, 0) is 16.0 Å². The molecule has 1 aliphatic rings. The lowest BCUT2D eigenvalue weighted by molar-refractivity contribution is -0.139. The Morgan fingerprint density at radius 2 is 1.72 bits per heavy atom. The number of rotatable bonds is 8. The molecule has 2 aromatic rings. The molecule has 32 heavy (non-hydrogen) atoms. The normalized spacial score (nSPS) is 19.2. The Morgan fingerprint density at radius 3 is 2.34 bits per heavy atom. The van der Waals surface area contributed by atoms with Crippen LogP contribution in [0.4, 0.5) is 0 Å². The largest absolute Gasteiger partial charge is 0.351 e. The van der Waals surface area contributed by atoms with Crippen molar-refractivity contribution in [3.8, 4) is 0 Å². The van der Waals surface area contributed by atoms with Crippen molar-refractivity contribution >= 4 is 35.0 Å². The first-order valence-electron chi connectivity index (χ1n) is 11.4. The van der Waals surface area contributed by atoms with Gasteiger partial charge in [0.2, 0.25) is 11.8 Å².